The molecule has 0 saturated carbocycles. The molecular formula is C27H22ClFN6O4. The first-order valence-electron chi connectivity index (χ1n) is 11.7. The molecule has 0 fully saturated rings. The third kappa shape index (κ3) is 5.43. The highest BCUT2D eigenvalue weighted by molar-refractivity contribution is 6.31. The Morgan fingerprint density at radius 3 is 2.72 bits per heavy atom. The minimum Gasteiger partial charge on any atom is -0.497 e. The molecule has 0 aliphatic carbocycles. The summed E-state index contributed by atoms with van der Waals surface area (Å²) in [6, 6.07) is 11.3. The first-order valence-corrected chi connectivity index (χ1v) is 12.1. The van der Waals surface area contributed by atoms with E-state index in [0.717, 1.165) is 0 Å². The van der Waals surface area contributed by atoms with Gasteiger partial charge in [0.2, 0.25) is 5.96 Å². The maximum atomic E-state index is 13.6. The molecule has 198 valence electrons. The van der Waals surface area contributed by atoms with Crippen LogP contribution in [0.3, 0.4) is 0 Å². The van der Waals surface area contributed by atoms with Gasteiger partial charge in [-0.05, 0) is 50.2 Å². The van der Waals surface area contributed by atoms with Gasteiger partial charge in [0.25, 0.3) is 5.91 Å². The van der Waals surface area contributed by atoms with Crippen LogP contribution in [0.5, 0.6) is 5.75 Å². The van der Waals surface area contributed by atoms with Crippen molar-refractivity contribution in [3.8, 4) is 5.75 Å². The van der Waals surface area contributed by atoms with Crippen LogP contribution in [-0.4, -0.2) is 34.7 Å². The molecule has 3 heterocycles. The van der Waals surface area contributed by atoms with E-state index < -0.39 is 17.8 Å². The first kappa shape index (κ1) is 25.9. The molecule has 3 N–H and O–H groups in total. The van der Waals surface area contributed by atoms with Crippen LogP contribution >= 0.6 is 11.6 Å². The van der Waals surface area contributed by atoms with E-state index in [4.69, 9.17) is 25.7 Å². The van der Waals surface area contributed by atoms with E-state index in [9.17, 15) is 14.0 Å². The number of benzene rings is 2. The van der Waals surface area contributed by atoms with E-state index in [2.05, 4.69) is 25.9 Å². The van der Waals surface area contributed by atoms with Crippen molar-refractivity contribution < 1.29 is 23.1 Å². The Bertz CT molecular complexity index is 1680. The van der Waals surface area contributed by atoms with Crippen molar-refractivity contribution in [2.75, 3.05) is 17.7 Å². The predicted octanol–water partition coefficient (Wildman–Crippen LogP) is 5.25. The lowest BCUT2D eigenvalue weighted by Crippen LogP contribution is -2.37. The maximum absolute atomic E-state index is 13.6. The van der Waals surface area contributed by atoms with Crippen LogP contribution in [0.1, 0.15) is 35.8 Å². The van der Waals surface area contributed by atoms with Gasteiger partial charge in [-0.15, -0.1) is 0 Å². The summed E-state index contributed by atoms with van der Waals surface area (Å²) in [5.41, 5.74) is 2.39. The third-order valence-corrected chi connectivity index (χ3v) is 6.30. The number of Topliss-reactive ketones (excluding diaryl/α,β-unsaturated/α-hetero) is 1. The van der Waals surface area contributed by atoms with E-state index in [-0.39, 0.29) is 34.7 Å². The van der Waals surface area contributed by atoms with Crippen LogP contribution in [0.25, 0.3) is 11.1 Å². The second-order valence-corrected chi connectivity index (χ2v) is 9.03. The number of halogens is 2. The largest absolute Gasteiger partial charge is 0.497 e. The van der Waals surface area contributed by atoms with Gasteiger partial charge in [-0.2, -0.15) is 4.98 Å². The lowest BCUT2D eigenvalue weighted by molar-refractivity contribution is -0.113. The number of rotatable bonds is 6. The van der Waals surface area contributed by atoms with E-state index in [1.54, 1.807) is 31.2 Å². The Labute approximate surface area is 227 Å². The van der Waals surface area contributed by atoms with Crippen molar-refractivity contribution in [2.45, 2.75) is 19.9 Å². The van der Waals surface area contributed by atoms with Crippen molar-refractivity contribution >= 4 is 52.2 Å². The number of anilines is 2. The third-order valence-electron chi connectivity index (χ3n) is 5.97. The number of hydrogen-bond donors (Lipinski definition) is 3. The smallest absolute Gasteiger partial charge is 0.302 e. The van der Waals surface area contributed by atoms with Crippen LogP contribution < -0.4 is 20.7 Å². The van der Waals surface area contributed by atoms with Gasteiger partial charge in [0.1, 0.15) is 28.9 Å². The minimum absolute atomic E-state index is 0.0763. The maximum Gasteiger partial charge on any atom is 0.302 e. The number of fused-ring (bicyclic) bond motifs is 1. The monoisotopic (exact) mass is 548 g/mol. The summed E-state index contributed by atoms with van der Waals surface area (Å²) in [5, 5.41) is 9.07. The molecule has 2 aromatic carbocycles. The Kier molecular flexibility index (Phi) is 6.99. The van der Waals surface area contributed by atoms with Gasteiger partial charge in [0.05, 0.1) is 12.7 Å². The fourth-order valence-corrected chi connectivity index (χ4v) is 4.34. The molecule has 1 aliphatic rings. The highest BCUT2D eigenvalue weighted by Gasteiger charge is 2.31. The number of amides is 1. The van der Waals surface area contributed by atoms with Crippen LogP contribution in [0.15, 0.2) is 75.4 Å². The van der Waals surface area contributed by atoms with Gasteiger partial charge in [-0.1, -0.05) is 17.7 Å². The number of oxazole rings is 1. The molecule has 1 atom stereocenters. The highest BCUT2D eigenvalue weighted by atomic mass is 35.5. The summed E-state index contributed by atoms with van der Waals surface area (Å²) in [6.45, 7) is 3.13. The average molecular weight is 549 g/mol. The molecule has 12 heteroatoms. The summed E-state index contributed by atoms with van der Waals surface area (Å²) >= 11 is 6.59. The van der Waals surface area contributed by atoms with E-state index >= 15 is 0 Å². The number of carbonyl (C=O) groups excluding carboxylic acids is 2. The Hall–Kier alpha value is -4.77. The predicted molar refractivity (Wildman–Crippen MR) is 144 cm³/mol. The van der Waals surface area contributed by atoms with Gasteiger partial charge >= 0.3 is 6.01 Å². The first-order chi connectivity index (χ1) is 18.7. The normalized spacial score (nSPS) is 15.0. The molecular weight excluding hydrogens is 527 g/mol. The number of nitrogens with one attached hydrogen (secondary N) is 3. The second-order valence-electron chi connectivity index (χ2n) is 8.63. The summed E-state index contributed by atoms with van der Waals surface area (Å²) < 4.78 is 24.5. The molecule has 10 nitrogen and oxygen atoms in total. The van der Waals surface area contributed by atoms with Gasteiger partial charge in [-0.25, -0.2) is 14.4 Å². The Morgan fingerprint density at radius 1 is 1.15 bits per heavy atom. The molecule has 1 amide bonds. The molecule has 0 radical (unpaired) electrons. The lowest BCUT2D eigenvalue weighted by Gasteiger charge is -2.27. The number of pyridine rings is 1. The Morgan fingerprint density at radius 2 is 1.97 bits per heavy atom. The highest BCUT2D eigenvalue weighted by Crippen LogP contribution is 2.37. The molecule has 1 unspecified atom stereocenters. The number of ketones is 1. The molecule has 4 aromatic rings. The van der Waals surface area contributed by atoms with Gasteiger partial charge < -0.3 is 19.8 Å². The van der Waals surface area contributed by atoms with Crippen LogP contribution in [0.4, 0.5) is 16.2 Å². The minimum atomic E-state index is -0.857. The number of ether oxygens (including phenoxy) is 1. The number of hydrogen-bond acceptors (Lipinski definition) is 9. The fraction of sp³-hybridized carbons (Fsp3) is 0.148. The molecule has 0 spiro atoms. The molecule has 5 rings (SSSR count). The number of nitrogens with zero attached hydrogens (tertiary/aromatic N) is 3. The van der Waals surface area contributed by atoms with Crippen LogP contribution in [0.2, 0.25) is 5.02 Å². The van der Waals surface area contributed by atoms with Gasteiger partial charge in [-0.3, -0.25) is 14.9 Å². The van der Waals surface area contributed by atoms with Crippen molar-refractivity contribution in [1.82, 2.24) is 15.3 Å². The van der Waals surface area contributed by atoms with Crippen molar-refractivity contribution in [3.63, 3.8) is 0 Å². The zero-order valence-electron chi connectivity index (χ0n) is 21.0. The SMILES string of the molecule is COc1ccc(C2N=C(Nc3nc4ccc(F)cc4o3)NC(C)=C2C(=O)Nc2cc(C(C)=O)ccn2)c(Cl)c1. The van der Waals surface area contributed by atoms with E-state index in [0.29, 0.717) is 33.1 Å². The number of guanidine groups is 1. The number of carbonyl (C=O) groups is 2. The second kappa shape index (κ2) is 10.5. The summed E-state index contributed by atoms with van der Waals surface area (Å²) in [5.74, 6) is -0.136. The zero-order chi connectivity index (χ0) is 27.7. The van der Waals surface area contributed by atoms with Gasteiger partial charge in [0, 0.05) is 34.1 Å². The topological polar surface area (TPSA) is 131 Å². The summed E-state index contributed by atoms with van der Waals surface area (Å²) in [6.07, 6.45) is 1.44. The lowest BCUT2D eigenvalue weighted by atomic mass is 9.95. The average Bonchev–Trinajstić information content (AvgIpc) is 3.29. The van der Waals surface area contributed by atoms with Gasteiger partial charge in [0.15, 0.2) is 11.4 Å². The zero-order valence-corrected chi connectivity index (χ0v) is 21.8. The number of aromatic nitrogens is 2. The summed E-state index contributed by atoms with van der Waals surface area (Å²) in [4.78, 5) is 38.5. The van der Waals surface area contributed by atoms with E-state index in [1.165, 1.54) is 44.5 Å². The summed E-state index contributed by atoms with van der Waals surface area (Å²) in [7, 11) is 1.52. The molecule has 1 aliphatic heterocycles. The standard InChI is InChI=1S/C27H22ClFN6O4/c1-13-23(25(37)33-22-10-15(14(2)36)8-9-30-22)24(18-6-5-17(38-3)12-19(18)28)34-26(31-13)35-27-32-20-7-4-16(29)11-21(20)39-27/h4-12,24H,1-3H3,(H,30,33,37)(H2,31,32,34,35). The quantitative estimate of drug-likeness (QED) is 0.278. The number of aliphatic imine (C=N–C) groups is 1. The number of methoxy groups -OCH3 is 1. The molecule has 39 heavy (non-hydrogen) atoms. The Balaban J connectivity index is 1.50. The van der Waals surface area contributed by atoms with Crippen molar-refractivity contribution in [3.05, 3.63) is 88.0 Å². The molecule has 2 aromatic heterocycles. The van der Waals surface area contributed by atoms with Crippen molar-refractivity contribution in [2.24, 2.45) is 4.99 Å². The van der Waals surface area contributed by atoms with E-state index in [1.807, 2.05) is 0 Å². The fourth-order valence-electron chi connectivity index (χ4n) is 4.07. The molecule has 0 bridgehead atoms. The number of allylic oxidation sites excluding steroid dienone is 1. The van der Waals surface area contributed by atoms with Crippen molar-refractivity contribution in [1.29, 1.82) is 0 Å². The van der Waals surface area contributed by atoms with Crippen LogP contribution in [0, 0.1) is 5.82 Å². The molecule has 0 saturated heterocycles. The van der Waals surface area contributed by atoms with Crippen LogP contribution in [-0.2, 0) is 4.79 Å².